The van der Waals surface area contributed by atoms with E-state index in [4.69, 9.17) is 0 Å². The van der Waals surface area contributed by atoms with Crippen LogP contribution in [0.5, 0.6) is 0 Å². The molecule has 0 fully saturated rings. The molecule has 0 N–H and O–H groups in total. The van der Waals surface area contributed by atoms with E-state index in [0.717, 1.165) is 5.69 Å². The monoisotopic (exact) mass is 321 g/mol. The van der Waals surface area contributed by atoms with Crippen molar-refractivity contribution in [1.29, 1.82) is 0 Å². The van der Waals surface area contributed by atoms with Gasteiger partial charge in [0.25, 0.3) is 0 Å². The molecule has 2 aromatic heterocycles. The number of para-hydroxylation sites is 1. The van der Waals surface area contributed by atoms with E-state index < -0.39 is 0 Å². The van der Waals surface area contributed by atoms with Crippen molar-refractivity contribution in [2.24, 2.45) is 0 Å². The van der Waals surface area contributed by atoms with Gasteiger partial charge in [-0.2, -0.15) is 0 Å². The third-order valence-corrected chi connectivity index (χ3v) is 4.29. The summed E-state index contributed by atoms with van der Waals surface area (Å²) in [6.45, 7) is 2.13. The third-order valence-electron chi connectivity index (χ3n) is 2.99. The predicted octanol–water partition coefficient (Wildman–Crippen LogP) is 0.624. The summed E-state index contributed by atoms with van der Waals surface area (Å²) in [7, 11) is 0. The first-order chi connectivity index (χ1) is 9.24. The molecule has 0 spiro atoms. The third kappa shape index (κ3) is 1.80. The van der Waals surface area contributed by atoms with Gasteiger partial charge in [-0.3, -0.25) is 0 Å². The summed E-state index contributed by atoms with van der Waals surface area (Å²) in [4.78, 5) is 26.5. The summed E-state index contributed by atoms with van der Waals surface area (Å²) in [5.41, 5.74) is 1.21. The van der Waals surface area contributed by atoms with E-state index in [1.165, 1.54) is 4.57 Å². The van der Waals surface area contributed by atoms with Gasteiger partial charge < -0.3 is 0 Å². The minimum absolute atomic E-state index is 0.0998. The van der Waals surface area contributed by atoms with E-state index in [0.29, 0.717) is 17.6 Å². The molecule has 0 aliphatic carbocycles. The van der Waals surface area contributed by atoms with Crippen molar-refractivity contribution in [2.75, 3.05) is 0 Å². The molecule has 0 aliphatic heterocycles. The van der Waals surface area contributed by atoms with Gasteiger partial charge in [0, 0.05) is 0 Å². The van der Waals surface area contributed by atoms with Crippen LogP contribution >= 0.6 is 0 Å². The Balaban J connectivity index is 2.52. The second-order valence-corrected chi connectivity index (χ2v) is 5.37. The Kier molecular flexibility index (Phi) is 2.97. The van der Waals surface area contributed by atoms with Crippen LogP contribution in [-0.2, 0) is 6.54 Å². The van der Waals surface area contributed by atoms with Crippen molar-refractivity contribution < 1.29 is 0 Å². The van der Waals surface area contributed by atoms with Crippen LogP contribution in [0.25, 0.3) is 16.7 Å². The number of aromatic nitrogens is 3. The Morgan fingerprint density at radius 2 is 1.95 bits per heavy atom. The summed E-state index contributed by atoms with van der Waals surface area (Å²) in [6.07, 6.45) is 0. The van der Waals surface area contributed by atoms with Crippen LogP contribution in [0.15, 0.2) is 44.9 Å². The molecule has 0 saturated carbocycles. The van der Waals surface area contributed by atoms with E-state index in [2.05, 4.69) is 3.98 Å². The number of benzene rings is 1. The average molecular weight is 320 g/mol. The fourth-order valence-corrected chi connectivity index (χ4v) is 3.44. The second kappa shape index (κ2) is 4.64. The van der Waals surface area contributed by atoms with Crippen LogP contribution in [0, 0.1) is 0 Å². The maximum atomic E-state index is 12.5. The first-order valence-electron chi connectivity index (χ1n) is 5.89. The first-order valence-corrected chi connectivity index (χ1v) is 7.65. The Morgan fingerprint density at radius 1 is 1.21 bits per heavy atom. The molecule has 3 rings (SSSR count). The summed E-state index contributed by atoms with van der Waals surface area (Å²) in [5, 5.41) is 0. The van der Waals surface area contributed by atoms with Crippen molar-refractivity contribution in [3.63, 3.8) is 0 Å². The van der Waals surface area contributed by atoms with Crippen molar-refractivity contribution in [3.8, 4) is 5.69 Å². The fraction of sp³-hybridized carbons (Fsp3) is 0.154. The fourth-order valence-electron chi connectivity index (χ4n) is 2.08. The SMILES string of the molecule is CCn1c(=O)c2n[se]cc2n(-c2ccccc2)c1=O. The molecular weight excluding hydrogens is 309 g/mol. The van der Waals surface area contributed by atoms with Gasteiger partial charge in [-0.1, -0.05) is 0 Å². The van der Waals surface area contributed by atoms with Gasteiger partial charge in [-0.15, -0.1) is 0 Å². The summed E-state index contributed by atoms with van der Waals surface area (Å²) in [5.74, 6) is 0. The van der Waals surface area contributed by atoms with E-state index in [1.807, 2.05) is 35.3 Å². The molecule has 2 heterocycles. The van der Waals surface area contributed by atoms with Crippen molar-refractivity contribution in [1.82, 2.24) is 13.1 Å². The van der Waals surface area contributed by atoms with Crippen LogP contribution in [0.1, 0.15) is 6.92 Å². The number of hydrogen-bond donors (Lipinski definition) is 0. The zero-order chi connectivity index (χ0) is 13.4. The molecule has 0 aliphatic rings. The van der Waals surface area contributed by atoms with Crippen LogP contribution < -0.4 is 11.2 Å². The molecule has 96 valence electrons. The van der Waals surface area contributed by atoms with Crippen LogP contribution in [-0.4, -0.2) is 27.8 Å². The molecule has 0 amide bonds. The van der Waals surface area contributed by atoms with Crippen LogP contribution in [0.3, 0.4) is 0 Å². The molecular formula is C13H11N3O2Se. The van der Waals surface area contributed by atoms with E-state index >= 15 is 0 Å². The zero-order valence-corrected chi connectivity index (χ0v) is 12.0. The van der Waals surface area contributed by atoms with E-state index in [9.17, 15) is 9.59 Å². The molecule has 3 aromatic rings. The number of hydrogen-bond acceptors (Lipinski definition) is 3. The Hall–Kier alpha value is -1.91. The average Bonchev–Trinajstić information content (AvgIpc) is 2.90. The quantitative estimate of drug-likeness (QED) is 0.651. The van der Waals surface area contributed by atoms with Gasteiger partial charge in [0.2, 0.25) is 0 Å². The van der Waals surface area contributed by atoms with Gasteiger partial charge in [-0.25, -0.2) is 0 Å². The van der Waals surface area contributed by atoms with E-state index in [1.54, 1.807) is 11.5 Å². The van der Waals surface area contributed by atoms with Crippen LogP contribution in [0.2, 0.25) is 0 Å². The topological polar surface area (TPSA) is 56.9 Å². The van der Waals surface area contributed by atoms with Gasteiger partial charge in [0.05, 0.1) is 0 Å². The number of fused-ring (bicyclic) bond motifs is 1. The number of rotatable bonds is 2. The molecule has 0 unspecified atom stereocenters. The molecule has 6 heteroatoms. The van der Waals surface area contributed by atoms with Gasteiger partial charge in [0.1, 0.15) is 0 Å². The molecule has 0 saturated heterocycles. The summed E-state index contributed by atoms with van der Waals surface area (Å²) < 4.78 is 7.04. The Labute approximate surface area is 114 Å². The summed E-state index contributed by atoms with van der Waals surface area (Å²) in [6, 6.07) is 9.33. The standard InChI is InChI=1S/C13H11N3O2Se/c1-2-15-12(17)11-10(8-19-14-11)16(13(15)18)9-6-4-3-5-7-9/h3-8H,2H2,1H3. The molecule has 0 radical (unpaired) electrons. The maximum absolute atomic E-state index is 12.5. The summed E-state index contributed by atoms with van der Waals surface area (Å²) >= 11 is -0.0998. The first kappa shape index (κ1) is 12.1. The minimum atomic E-state index is -0.304. The van der Waals surface area contributed by atoms with Crippen LogP contribution in [0.4, 0.5) is 0 Å². The van der Waals surface area contributed by atoms with Gasteiger partial charge in [-0.05, 0) is 0 Å². The molecule has 5 nitrogen and oxygen atoms in total. The normalized spacial score (nSPS) is 11.0. The van der Waals surface area contributed by atoms with Crippen molar-refractivity contribution in [2.45, 2.75) is 13.5 Å². The predicted molar refractivity (Wildman–Crippen MR) is 74.2 cm³/mol. The molecule has 19 heavy (non-hydrogen) atoms. The number of nitrogens with zero attached hydrogens (tertiary/aromatic N) is 3. The van der Waals surface area contributed by atoms with E-state index in [-0.39, 0.29) is 26.0 Å². The zero-order valence-electron chi connectivity index (χ0n) is 10.2. The second-order valence-electron chi connectivity index (χ2n) is 4.05. The Morgan fingerprint density at radius 3 is 2.63 bits per heavy atom. The Bertz CT molecular complexity index is 846. The molecule has 0 atom stereocenters. The van der Waals surface area contributed by atoms with Crippen molar-refractivity contribution >= 4 is 25.8 Å². The van der Waals surface area contributed by atoms with Gasteiger partial charge in [0.15, 0.2) is 0 Å². The van der Waals surface area contributed by atoms with Gasteiger partial charge >= 0.3 is 114 Å². The molecule has 1 aromatic carbocycles. The molecule has 0 bridgehead atoms. The van der Waals surface area contributed by atoms with Crippen molar-refractivity contribution in [3.05, 3.63) is 56.1 Å².